The first-order valence-corrected chi connectivity index (χ1v) is 16.7. The first-order chi connectivity index (χ1) is 19.3. The highest BCUT2D eigenvalue weighted by atomic mass is 32.7. The maximum absolute atomic E-state index is 14.5. The molecule has 0 aromatic carbocycles. The molecule has 6 N–H and O–H groups in total. The summed E-state index contributed by atoms with van der Waals surface area (Å²) < 4.78 is 62.5. The number of nitrogens with one attached hydrogen (secondary N) is 2. The number of aliphatic hydroxyl groups excluding tert-OH is 2. The van der Waals surface area contributed by atoms with E-state index in [1.165, 1.54) is 4.57 Å². The van der Waals surface area contributed by atoms with Crippen molar-refractivity contribution in [3.8, 4) is 0 Å². The second-order valence-corrected chi connectivity index (χ2v) is 13.3. The van der Waals surface area contributed by atoms with Gasteiger partial charge in [0, 0.05) is 12.6 Å². The number of halogens is 1. The van der Waals surface area contributed by atoms with E-state index in [-0.39, 0.29) is 34.6 Å². The summed E-state index contributed by atoms with van der Waals surface area (Å²) in [6.07, 6.45) is -4.22. The van der Waals surface area contributed by atoms with Crippen molar-refractivity contribution < 1.29 is 42.0 Å². The van der Waals surface area contributed by atoms with Crippen LogP contribution in [-0.2, 0) is 27.4 Å². The van der Waals surface area contributed by atoms with E-state index in [9.17, 15) is 33.3 Å². The molecule has 5 rings (SSSR count). The van der Waals surface area contributed by atoms with Crippen LogP contribution < -0.4 is 16.9 Å². The highest BCUT2D eigenvalue weighted by Gasteiger charge is 2.41. The smallest absolute Gasteiger partial charge is 0.369 e. The van der Waals surface area contributed by atoms with Crippen molar-refractivity contribution in [2.45, 2.75) is 37.4 Å². The van der Waals surface area contributed by atoms with Crippen LogP contribution in [0, 0.1) is 5.82 Å². The number of anilines is 1. The van der Waals surface area contributed by atoms with Crippen molar-refractivity contribution in [3.05, 3.63) is 45.4 Å². The van der Waals surface area contributed by atoms with Gasteiger partial charge in [-0.1, -0.05) is 24.5 Å². The fourth-order valence-corrected chi connectivity index (χ4v) is 6.39. The van der Waals surface area contributed by atoms with Crippen molar-refractivity contribution in [2.24, 2.45) is 0 Å². The van der Waals surface area contributed by atoms with Crippen molar-refractivity contribution in [3.63, 3.8) is 0 Å². The summed E-state index contributed by atoms with van der Waals surface area (Å²) in [7, 11) is -2.82. The van der Waals surface area contributed by atoms with E-state index in [4.69, 9.17) is 24.0 Å². The number of rotatable bonds is 10. The minimum atomic E-state index is -4.44. The molecule has 41 heavy (non-hydrogen) atoms. The highest BCUT2D eigenvalue weighted by Crippen LogP contribution is 2.55. The molecule has 0 aliphatic carbocycles. The Hall–Kier alpha value is -2.58. The number of hydrogen-bond donors (Lipinski definition) is 7. The van der Waals surface area contributed by atoms with Gasteiger partial charge in [0.25, 0.3) is 11.1 Å². The average Bonchev–Trinajstić information content (AvgIpc) is 3.58. The largest absolute Gasteiger partial charge is 0.388 e. The number of aromatic amines is 2. The molecule has 1 aliphatic heterocycles. The van der Waals surface area contributed by atoms with Gasteiger partial charge in [-0.3, -0.25) is 32.8 Å². The molecule has 3 unspecified atom stereocenters. The average molecular weight is 654 g/mol. The minimum absolute atomic E-state index is 0.0231. The molecule has 7 atom stereocenters. The summed E-state index contributed by atoms with van der Waals surface area (Å²) in [5, 5.41) is 20.6. The second-order valence-electron chi connectivity index (χ2n) is 8.55. The van der Waals surface area contributed by atoms with Crippen LogP contribution in [0.3, 0.4) is 0 Å². The lowest BCUT2D eigenvalue weighted by Crippen LogP contribution is -2.28. The Morgan fingerprint density at radius 2 is 2.07 bits per heavy atom. The maximum atomic E-state index is 14.5. The van der Waals surface area contributed by atoms with Gasteiger partial charge < -0.3 is 34.8 Å². The predicted octanol–water partition coefficient (Wildman–Crippen LogP) is 0.452. The van der Waals surface area contributed by atoms with Crippen LogP contribution in [0.1, 0.15) is 18.9 Å². The Kier molecular flexibility index (Phi) is 8.46. The number of imidazole rings is 1. The Morgan fingerprint density at radius 1 is 1.32 bits per heavy atom. The van der Waals surface area contributed by atoms with Gasteiger partial charge in [0.15, 0.2) is 28.9 Å². The number of nitrogens with two attached hydrogens (primary N) is 1. The van der Waals surface area contributed by atoms with Gasteiger partial charge in [0.05, 0.1) is 25.4 Å². The molecule has 18 nitrogen and oxygen atoms in total. The molecular weight excluding hydrogens is 633 g/mol. The maximum Gasteiger partial charge on any atom is 0.388 e. The Balaban J connectivity index is 1.29. The minimum Gasteiger partial charge on any atom is -0.369 e. The van der Waals surface area contributed by atoms with Crippen LogP contribution in [0.2, 0.25) is 0 Å². The molecule has 222 valence electrons. The van der Waals surface area contributed by atoms with Crippen molar-refractivity contribution in [1.82, 2.24) is 34.1 Å². The molecule has 0 spiro atoms. The lowest BCUT2D eigenvalue weighted by molar-refractivity contribution is -0.138. The van der Waals surface area contributed by atoms with Crippen LogP contribution in [-0.4, -0.2) is 69.4 Å². The molecule has 1 aliphatic rings. The number of thiol groups is 2. The number of nitrogens with zero attached hydrogens (tertiary/aromatic N) is 5. The van der Waals surface area contributed by atoms with E-state index in [2.05, 4.69) is 49.4 Å². The topological polar surface area (TPSA) is 252 Å². The standard InChI is InChI=1S/C18H21FN8O10P2S2/c19-6-2-26(12-10(6)14(28)22-4-21-12)9-1-7(36-38(32)40)8(35-9)3-34-39(33,41)37-17(31)16(30)27-5-23-11-13(27)24-18(20)25-15(11)29/h2,4-5,7-9,16-17,30-31,38H,1,3H2,(H,32,40)(H,33,41)(H,21,22,28)(H3,20,24,25,29)/t7-,8+,9+,16+,17?,39?/m0/s1. The van der Waals surface area contributed by atoms with Crippen LogP contribution >= 0.6 is 38.5 Å². The van der Waals surface area contributed by atoms with Crippen LogP contribution in [0.25, 0.3) is 22.2 Å². The molecule has 0 radical (unpaired) electrons. The molecule has 0 saturated carbocycles. The fourth-order valence-electron chi connectivity index (χ4n) is 4.21. The van der Waals surface area contributed by atoms with Crippen molar-refractivity contribution in [2.75, 3.05) is 12.3 Å². The normalized spacial score (nSPS) is 23.1. The summed E-state index contributed by atoms with van der Waals surface area (Å²) in [6.45, 7) is -5.01. The van der Waals surface area contributed by atoms with Gasteiger partial charge in [0.2, 0.25) is 19.5 Å². The lowest BCUT2D eigenvalue weighted by atomic mass is 10.2. The number of H-pyrrole nitrogens is 2. The monoisotopic (exact) mass is 654 g/mol. The zero-order valence-corrected chi connectivity index (χ0v) is 23.9. The summed E-state index contributed by atoms with van der Waals surface area (Å²) in [4.78, 5) is 40.1. The Bertz CT molecular complexity index is 1800. The predicted molar refractivity (Wildman–Crippen MR) is 145 cm³/mol. The van der Waals surface area contributed by atoms with Crippen LogP contribution in [0.15, 0.2) is 28.4 Å². The van der Waals surface area contributed by atoms with Gasteiger partial charge in [-0.15, -0.1) is 0 Å². The van der Waals surface area contributed by atoms with E-state index in [0.29, 0.717) is 0 Å². The SMILES string of the molecule is Nc1nc2c(ncn2[C@H](O)C(O)OP(=O)(S)OC[C@H]2O[C@@H](n3cc(F)c4c(=O)[nH]cnc43)C[C@@H]2O[PH](=O)S)c(=O)[nH]1. The molecule has 5 heterocycles. The van der Waals surface area contributed by atoms with E-state index in [0.717, 1.165) is 23.4 Å². The number of aliphatic hydroxyl groups is 2. The summed E-state index contributed by atoms with van der Waals surface area (Å²) >= 11 is 7.58. The first kappa shape index (κ1) is 29.9. The number of nitrogen functional groups attached to an aromatic ring is 1. The number of ether oxygens (including phenoxy) is 1. The Labute approximate surface area is 237 Å². The van der Waals surface area contributed by atoms with E-state index < -0.39 is 68.5 Å². The van der Waals surface area contributed by atoms with Gasteiger partial charge in [0.1, 0.15) is 17.7 Å². The number of hydrogen-bond acceptors (Lipinski definition) is 14. The molecular formula is C18H21FN8O10P2S2. The molecule has 0 amide bonds. The van der Waals surface area contributed by atoms with Crippen LogP contribution in [0.4, 0.5) is 10.3 Å². The van der Waals surface area contributed by atoms with Crippen molar-refractivity contribution in [1.29, 1.82) is 0 Å². The summed E-state index contributed by atoms with van der Waals surface area (Å²) in [5.74, 6) is -1.14. The van der Waals surface area contributed by atoms with E-state index in [1.54, 1.807) is 0 Å². The quantitative estimate of drug-likeness (QED) is 0.0697. The van der Waals surface area contributed by atoms with Gasteiger partial charge in [-0.05, 0) is 0 Å². The Morgan fingerprint density at radius 3 is 2.80 bits per heavy atom. The summed E-state index contributed by atoms with van der Waals surface area (Å²) in [5.41, 5.74) is 3.67. The van der Waals surface area contributed by atoms with Gasteiger partial charge in [-0.2, -0.15) is 4.98 Å². The number of fused-ring (bicyclic) bond motifs is 2. The van der Waals surface area contributed by atoms with E-state index in [1.807, 2.05) is 0 Å². The van der Waals surface area contributed by atoms with Gasteiger partial charge >= 0.3 is 6.80 Å². The fraction of sp³-hybridized carbons (Fsp3) is 0.389. The first-order valence-electron chi connectivity index (χ1n) is 11.4. The third-order valence-electron chi connectivity index (χ3n) is 5.95. The number of aromatic nitrogens is 7. The molecule has 1 saturated heterocycles. The molecule has 4 aromatic heterocycles. The van der Waals surface area contributed by atoms with Crippen molar-refractivity contribution >= 4 is 66.7 Å². The molecule has 1 fully saturated rings. The summed E-state index contributed by atoms with van der Waals surface area (Å²) in [6, 6.07) is 0. The second kappa shape index (κ2) is 11.6. The zero-order valence-electron chi connectivity index (χ0n) is 20.2. The third kappa shape index (κ3) is 6.14. The molecule has 0 bridgehead atoms. The highest BCUT2D eigenvalue weighted by molar-refractivity contribution is 8.44. The third-order valence-corrected chi connectivity index (χ3v) is 8.35. The van der Waals surface area contributed by atoms with Gasteiger partial charge in [-0.25, -0.2) is 18.9 Å². The van der Waals surface area contributed by atoms with E-state index >= 15 is 0 Å². The van der Waals surface area contributed by atoms with Crippen LogP contribution in [0.5, 0.6) is 0 Å². The molecule has 4 aromatic rings. The lowest BCUT2D eigenvalue weighted by Gasteiger charge is -2.24. The zero-order chi connectivity index (χ0) is 29.6. The molecule has 23 heteroatoms.